The van der Waals surface area contributed by atoms with E-state index in [9.17, 15) is 8.78 Å². The second-order valence-electron chi connectivity index (χ2n) is 4.19. The van der Waals surface area contributed by atoms with Gasteiger partial charge in [0.15, 0.2) is 0 Å². The van der Waals surface area contributed by atoms with Crippen molar-refractivity contribution in [3.8, 4) is 0 Å². The summed E-state index contributed by atoms with van der Waals surface area (Å²) in [6.45, 7) is 0. The highest BCUT2D eigenvalue weighted by molar-refractivity contribution is 6.32. The molecule has 0 spiro atoms. The van der Waals surface area contributed by atoms with Gasteiger partial charge in [0.2, 0.25) is 0 Å². The standard InChI is InChI=1S/C14H11Cl2F2N/c15-11-5-4-9(17)6-8(11)7-13(19)10-2-1-3-12(18)14(10)16/h1-6,13H,7,19H2. The molecule has 0 aromatic heterocycles. The molecule has 2 aromatic rings. The van der Waals surface area contributed by atoms with Crippen molar-refractivity contribution in [2.75, 3.05) is 0 Å². The lowest BCUT2D eigenvalue weighted by Crippen LogP contribution is -2.14. The minimum Gasteiger partial charge on any atom is -0.324 e. The maximum absolute atomic E-state index is 13.3. The fourth-order valence-corrected chi connectivity index (χ4v) is 2.31. The number of halogens is 4. The summed E-state index contributed by atoms with van der Waals surface area (Å²) < 4.78 is 26.5. The molecule has 0 heterocycles. The molecule has 100 valence electrons. The molecule has 19 heavy (non-hydrogen) atoms. The van der Waals surface area contributed by atoms with E-state index in [0.717, 1.165) is 0 Å². The van der Waals surface area contributed by atoms with E-state index >= 15 is 0 Å². The van der Waals surface area contributed by atoms with Gasteiger partial charge in [-0.05, 0) is 41.8 Å². The molecule has 1 nitrogen and oxygen atoms in total. The van der Waals surface area contributed by atoms with Gasteiger partial charge >= 0.3 is 0 Å². The van der Waals surface area contributed by atoms with Crippen molar-refractivity contribution in [3.63, 3.8) is 0 Å². The SMILES string of the molecule is NC(Cc1cc(F)ccc1Cl)c1cccc(F)c1Cl. The van der Waals surface area contributed by atoms with Crippen molar-refractivity contribution in [1.82, 2.24) is 0 Å². The molecule has 0 saturated carbocycles. The van der Waals surface area contributed by atoms with Gasteiger partial charge in [-0.1, -0.05) is 35.3 Å². The third kappa shape index (κ3) is 3.24. The fourth-order valence-electron chi connectivity index (χ4n) is 1.85. The first-order chi connectivity index (χ1) is 8.99. The van der Waals surface area contributed by atoms with Crippen LogP contribution in [0.15, 0.2) is 36.4 Å². The van der Waals surface area contributed by atoms with Crippen molar-refractivity contribution in [2.24, 2.45) is 5.73 Å². The maximum atomic E-state index is 13.3. The minimum absolute atomic E-state index is 0.0116. The van der Waals surface area contributed by atoms with Crippen LogP contribution in [-0.2, 0) is 6.42 Å². The van der Waals surface area contributed by atoms with E-state index in [1.54, 1.807) is 6.07 Å². The van der Waals surface area contributed by atoms with Crippen LogP contribution in [0.1, 0.15) is 17.2 Å². The van der Waals surface area contributed by atoms with E-state index in [1.165, 1.54) is 30.3 Å². The molecule has 0 fully saturated rings. The number of nitrogens with two attached hydrogens (primary N) is 1. The van der Waals surface area contributed by atoms with Crippen molar-refractivity contribution < 1.29 is 8.78 Å². The largest absolute Gasteiger partial charge is 0.324 e. The lowest BCUT2D eigenvalue weighted by atomic mass is 9.99. The Kier molecular flexibility index (Phi) is 4.40. The Bertz CT molecular complexity index is 602. The van der Waals surface area contributed by atoms with E-state index in [2.05, 4.69) is 0 Å². The van der Waals surface area contributed by atoms with Gasteiger partial charge in [0, 0.05) is 11.1 Å². The highest BCUT2D eigenvalue weighted by Crippen LogP contribution is 2.28. The third-order valence-electron chi connectivity index (χ3n) is 2.83. The van der Waals surface area contributed by atoms with Crippen molar-refractivity contribution >= 4 is 23.2 Å². The first kappa shape index (κ1) is 14.3. The summed E-state index contributed by atoms with van der Waals surface area (Å²) >= 11 is 11.8. The molecule has 5 heteroatoms. The van der Waals surface area contributed by atoms with E-state index in [1.807, 2.05) is 0 Å². The van der Waals surface area contributed by atoms with Crippen LogP contribution in [0.3, 0.4) is 0 Å². The first-order valence-electron chi connectivity index (χ1n) is 5.62. The lowest BCUT2D eigenvalue weighted by molar-refractivity contribution is 0.614. The molecule has 0 radical (unpaired) electrons. The molecule has 2 aromatic carbocycles. The monoisotopic (exact) mass is 301 g/mol. The Morgan fingerprint density at radius 2 is 1.84 bits per heavy atom. The van der Waals surface area contributed by atoms with Crippen molar-refractivity contribution in [2.45, 2.75) is 12.5 Å². The van der Waals surface area contributed by atoms with Crippen LogP contribution in [0.5, 0.6) is 0 Å². The molecule has 2 N–H and O–H groups in total. The second-order valence-corrected chi connectivity index (χ2v) is 4.97. The van der Waals surface area contributed by atoms with Gasteiger partial charge in [0.25, 0.3) is 0 Å². The predicted molar refractivity (Wildman–Crippen MR) is 73.5 cm³/mol. The first-order valence-corrected chi connectivity index (χ1v) is 6.38. The molecular formula is C14H11Cl2F2N. The van der Waals surface area contributed by atoms with Gasteiger partial charge in [0.05, 0.1) is 5.02 Å². The van der Waals surface area contributed by atoms with E-state index < -0.39 is 17.7 Å². The Labute approximate surface area is 119 Å². The smallest absolute Gasteiger partial charge is 0.142 e. The van der Waals surface area contributed by atoms with Gasteiger partial charge in [0.1, 0.15) is 11.6 Å². The minimum atomic E-state index is -0.553. The van der Waals surface area contributed by atoms with Gasteiger partial charge in [-0.15, -0.1) is 0 Å². The summed E-state index contributed by atoms with van der Waals surface area (Å²) in [5.74, 6) is -0.920. The van der Waals surface area contributed by atoms with Gasteiger partial charge < -0.3 is 5.73 Å². The zero-order chi connectivity index (χ0) is 14.0. The highest BCUT2D eigenvalue weighted by Gasteiger charge is 2.15. The van der Waals surface area contributed by atoms with Crippen molar-refractivity contribution in [3.05, 3.63) is 69.2 Å². The van der Waals surface area contributed by atoms with Gasteiger partial charge in [-0.25, -0.2) is 8.78 Å². The number of hydrogen-bond donors (Lipinski definition) is 1. The third-order valence-corrected chi connectivity index (χ3v) is 3.60. The Morgan fingerprint density at radius 1 is 1.11 bits per heavy atom. The molecule has 0 saturated heterocycles. The van der Waals surface area contributed by atoms with Gasteiger partial charge in [-0.3, -0.25) is 0 Å². The lowest BCUT2D eigenvalue weighted by Gasteiger charge is -2.15. The average Bonchev–Trinajstić information content (AvgIpc) is 2.37. The summed E-state index contributed by atoms with van der Waals surface area (Å²) in [5.41, 5.74) is 7.02. The van der Waals surface area contributed by atoms with Crippen LogP contribution in [0.4, 0.5) is 8.78 Å². The summed E-state index contributed by atoms with van der Waals surface area (Å²) in [5, 5.41) is 0.409. The average molecular weight is 302 g/mol. The molecule has 0 aliphatic rings. The van der Waals surface area contributed by atoms with Crippen LogP contribution in [0.25, 0.3) is 0 Å². The molecule has 0 aliphatic heterocycles. The fraction of sp³-hybridized carbons (Fsp3) is 0.143. The molecule has 0 bridgehead atoms. The van der Waals surface area contributed by atoms with Crippen LogP contribution in [0.2, 0.25) is 10.0 Å². The number of hydrogen-bond acceptors (Lipinski definition) is 1. The number of rotatable bonds is 3. The zero-order valence-electron chi connectivity index (χ0n) is 9.84. The van der Waals surface area contributed by atoms with Crippen LogP contribution < -0.4 is 5.73 Å². The van der Waals surface area contributed by atoms with Crippen LogP contribution >= 0.6 is 23.2 Å². The normalized spacial score (nSPS) is 12.5. The predicted octanol–water partition coefficient (Wildman–Crippen LogP) is 4.51. The Morgan fingerprint density at radius 3 is 2.58 bits per heavy atom. The number of benzene rings is 2. The van der Waals surface area contributed by atoms with Gasteiger partial charge in [-0.2, -0.15) is 0 Å². The summed E-state index contributed by atoms with van der Waals surface area (Å²) in [6.07, 6.45) is 0.278. The molecular weight excluding hydrogens is 291 g/mol. The zero-order valence-corrected chi connectivity index (χ0v) is 11.3. The second kappa shape index (κ2) is 5.87. The topological polar surface area (TPSA) is 26.0 Å². The van der Waals surface area contributed by atoms with Crippen LogP contribution in [-0.4, -0.2) is 0 Å². The molecule has 1 atom stereocenters. The Balaban J connectivity index is 2.28. The maximum Gasteiger partial charge on any atom is 0.142 e. The van der Waals surface area contributed by atoms with Crippen molar-refractivity contribution in [1.29, 1.82) is 0 Å². The molecule has 1 unspecified atom stereocenters. The molecule has 0 aliphatic carbocycles. The van der Waals surface area contributed by atoms with E-state index in [-0.39, 0.29) is 11.4 Å². The highest BCUT2D eigenvalue weighted by atomic mass is 35.5. The molecule has 0 amide bonds. The summed E-state index contributed by atoms with van der Waals surface area (Å²) in [7, 11) is 0. The van der Waals surface area contributed by atoms with E-state index in [0.29, 0.717) is 16.1 Å². The molecule has 2 rings (SSSR count). The summed E-state index contributed by atoms with van der Waals surface area (Å²) in [6, 6.07) is 7.93. The summed E-state index contributed by atoms with van der Waals surface area (Å²) in [4.78, 5) is 0. The Hall–Kier alpha value is -1.16. The quantitative estimate of drug-likeness (QED) is 0.886. The van der Waals surface area contributed by atoms with Crippen LogP contribution in [0, 0.1) is 11.6 Å². The van der Waals surface area contributed by atoms with E-state index in [4.69, 9.17) is 28.9 Å².